The maximum absolute atomic E-state index is 13.0. The Morgan fingerprint density at radius 2 is 1.31 bits per heavy atom. The number of carbonyl (C=O) groups is 2. The van der Waals surface area contributed by atoms with Gasteiger partial charge in [-0.3, -0.25) is 9.59 Å². The van der Waals surface area contributed by atoms with Gasteiger partial charge < -0.3 is 9.80 Å². The number of piperidine rings is 2. The lowest BCUT2D eigenvalue weighted by atomic mass is 9.97. The number of amides is 2. The summed E-state index contributed by atoms with van der Waals surface area (Å²) in [5.41, 5.74) is 1.31. The highest BCUT2D eigenvalue weighted by Gasteiger charge is 2.29. The third-order valence-corrected chi connectivity index (χ3v) is 6.07. The fourth-order valence-corrected chi connectivity index (χ4v) is 4.50. The van der Waals surface area contributed by atoms with Crippen molar-refractivity contribution in [2.75, 3.05) is 13.1 Å². The van der Waals surface area contributed by atoms with Crippen LogP contribution in [0, 0.1) is 0 Å². The molecule has 2 aliphatic heterocycles. The molecule has 26 heavy (non-hydrogen) atoms. The number of rotatable bonds is 4. The van der Waals surface area contributed by atoms with E-state index in [2.05, 4.69) is 13.8 Å². The SMILES string of the molecule is CC[C@H]1CCCCN1C(=O)c1cccc(C(=O)N2CCCC[C@@H]2CC)c1. The van der Waals surface area contributed by atoms with E-state index in [1.165, 1.54) is 12.8 Å². The standard InChI is InChI=1S/C22H32N2O2/c1-3-19-12-5-7-14-23(19)21(25)17-10-9-11-18(16-17)22(26)24-15-8-6-13-20(24)4-2/h9-11,16,19-20H,3-8,12-15H2,1-2H3/t19-,20-/m0/s1. The second-order valence-corrected chi connectivity index (χ2v) is 7.69. The van der Waals surface area contributed by atoms with Gasteiger partial charge in [-0.25, -0.2) is 0 Å². The molecule has 0 saturated carbocycles. The molecule has 2 heterocycles. The number of carbonyl (C=O) groups excluding carboxylic acids is 2. The van der Waals surface area contributed by atoms with Crippen LogP contribution in [0.1, 0.15) is 85.9 Å². The van der Waals surface area contributed by atoms with Crippen LogP contribution in [-0.4, -0.2) is 46.8 Å². The molecular formula is C22H32N2O2. The largest absolute Gasteiger partial charge is 0.336 e. The highest BCUT2D eigenvalue weighted by Crippen LogP contribution is 2.24. The van der Waals surface area contributed by atoms with Gasteiger partial charge in [0.2, 0.25) is 0 Å². The molecule has 2 fully saturated rings. The molecule has 2 atom stereocenters. The molecule has 0 aliphatic carbocycles. The van der Waals surface area contributed by atoms with Gasteiger partial charge in [0.05, 0.1) is 0 Å². The van der Waals surface area contributed by atoms with Crippen LogP contribution in [0.25, 0.3) is 0 Å². The first-order valence-electron chi connectivity index (χ1n) is 10.4. The fourth-order valence-electron chi connectivity index (χ4n) is 4.50. The number of nitrogens with zero attached hydrogens (tertiary/aromatic N) is 2. The Kier molecular flexibility index (Phi) is 6.33. The van der Waals surface area contributed by atoms with Crippen LogP contribution in [0.5, 0.6) is 0 Å². The first kappa shape index (κ1) is 18.9. The van der Waals surface area contributed by atoms with Crippen LogP contribution in [0.3, 0.4) is 0 Å². The molecule has 2 amide bonds. The second kappa shape index (κ2) is 8.70. The maximum Gasteiger partial charge on any atom is 0.254 e. The fraction of sp³-hybridized carbons (Fsp3) is 0.636. The van der Waals surface area contributed by atoms with Crippen molar-refractivity contribution in [3.05, 3.63) is 35.4 Å². The Balaban J connectivity index is 1.79. The molecule has 0 bridgehead atoms. The Labute approximate surface area is 157 Å². The van der Waals surface area contributed by atoms with Crippen molar-refractivity contribution in [3.63, 3.8) is 0 Å². The summed E-state index contributed by atoms with van der Waals surface area (Å²) in [6.45, 7) is 5.97. The normalized spacial score (nSPS) is 23.8. The molecule has 0 unspecified atom stereocenters. The highest BCUT2D eigenvalue weighted by molar-refractivity contribution is 6.00. The quantitative estimate of drug-likeness (QED) is 0.797. The van der Waals surface area contributed by atoms with Crippen molar-refractivity contribution >= 4 is 11.8 Å². The zero-order valence-electron chi connectivity index (χ0n) is 16.2. The van der Waals surface area contributed by atoms with Gasteiger partial charge in [0.15, 0.2) is 0 Å². The molecule has 142 valence electrons. The van der Waals surface area contributed by atoms with Crippen molar-refractivity contribution in [2.45, 2.75) is 77.3 Å². The number of hydrogen-bond acceptors (Lipinski definition) is 2. The molecule has 0 radical (unpaired) electrons. The van der Waals surface area contributed by atoms with Crippen LogP contribution in [0.4, 0.5) is 0 Å². The predicted octanol–water partition coefficient (Wildman–Crippen LogP) is 4.50. The predicted molar refractivity (Wildman–Crippen MR) is 104 cm³/mol. The second-order valence-electron chi connectivity index (χ2n) is 7.69. The molecule has 3 rings (SSSR count). The number of likely N-dealkylation sites (tertiary alicyclic amines) is 2. The Bertz CT molecular complexity index is 592. The first-order valence-corrected chi connectivity index (χ1v) is 10.4. The monoisotopic (exact) mass is 356 g/mol. The van der Waals surface area contributed by atoms with Crippen LogP contribution >= 0.6 is 0 Å². The van der Waals surface area contributed by atoms with Crippen molar-refractivity contribution < 1.29 is 9.59 Å². The van der Waals surface area contributed by atoms with Crippen molar-refractivity contribution in [1.29, 1.82) is 0 Å². The molecule has 0 N–H and O–H groups in total. The van der Waals surface area contributed by atoms with E-state index >= 15 is 0 Å². The van der Waals surface area contributed by atoms with Crippen molar-refractivity contribution in [1.82, 2.24) is 9.80 Å². The van der Waals surface area contributed by atoms with E-state index < -0.39 is 0 Å². The van der Waals surface area contributed by atoms with E-state index in [0.29, 0.717) is 23.2 Å². The summed E-state index contributed by atoms with van der Waals surface area (Å²) >= 11 is 0. The van der Waals surface area contributed by atoms with E-state index in [-0.39, 0.29) is 11.8 Å². The van der Waals surface area contributed by atoms with E-state index in [9.17, 15) is 9.59 Å². The Hall–Kier alpha value is -1.84. The highest BCUT2D eigenvalue weighted by atomic mass is 16.2. The summed E-state index contributed by atoms with van der Waals surface area (Å²) in [6.07, 6.45) is 8.73. The molecule has 4 heteroatoms. The van der Waals surface area contributed by atoms with Gasteiger partial charge in [0, 0.05) is 36.3 Å². The van der Waals surface area contributed by atoms with Gasteiger partial charge in [-0.1, -0.05) is 19.9 Å². The molecular weight excluding hydrogens is 324 g/mol. The lowest BCUT2D eigenvalue weighted by Crippen LogP contribution is -2.44. The summed E-state index contributed by atoms with van der Waals surface area (Å²) in [4.78, 5) is 30.1. The van der Waals surface area contributed by atoms with Crippen LogP contribution < -0.4 is 0 Å². The molecule has 1 aromatic carbocycles. The molecule has 4 nitrogen and oxygen atoms in total. The van der Waals surface area contributed by atoms with E-state index in [1.807, 2.05) is 34.1 Å². The maximum atomic E-state index is 13.0. The van der Waals surface area contributed by atoms with Gasteiger partial charge in [-0.15, -0.1) is 0 Å². The zero-order chi connectivity index (χ0) is 18.5. The molecule has 2 aliphatic rings. The summed E-state index contributed by atoms with van der Waals surface area (Å²) in [6, 6.07) is 8.05. The summed E-state index contributed by atoms with van der Waals surface area (Å²) in [5.74, 6) is 0.161. The minimum atomic E-state index is 0.0804. The lowest BCUT2D eigenvalue weighted by molar-refractivity contribution is 0.0606. The van der Waals surface area contributed by atoms with Gasteiger partial charge in [-0.05, 0) is 69.6 Å². The minimum absolute atomic E-state index is 0.0804. The Morgan fingerprint density at radius 1 is 0.846 bits per heavy atom. The molecule has 0 spiro atoms. The average molecular weight is 357 g/mol. The molecule has 2 saturated heterocycles. The van der Waals surface area contributed by atoms with Crippen molar-refractivity contribution in [3.8, 4) is 0 Å². The van der Waals surface area contributed by atoms with Crippen molar-refractivity contribution in [2.24, 2.45) is 0 Å². The summed E-state index contributed by atoms with van der Waals surface area (Å²) in [7, 11) is 0. The lowest BCUT2D eigenvalue weighted by Gasteiger charge is -2.36. The number of benzene rings is 1. The third kappa shape index (κ3) is 3.94. The van der Waals surface area contributed by atoms with Gasteiger partial charge in [0.25, 0.3) is 11.8 Å². The zero-order valence-corrected chi connectivity index (χ0v) is 16.2. The van der Waals surface area contributed by atoms with Gasteiger partial charge in [0.1, 0.15) is 0 Å². The topological polar surface area (TPSA) is 40.6 Å². The van der Waals surface area contributed by atoms with E-state index in [1.54, 1.807) is 0 Å². The van der Waals surface area contributed by atoms with Crippen LogP contribution in [-0.2, 0) is 0 Å². The van der Waals surface area contributed by atoms with E-state index in [4.69, 9.17) is 0 Å². The summed E-state index contributed by atoms with van der Waals surface area (Å²) < 4.78 is 0. The van der Waals surface area contributed by atoms with Crippen LogP contribution in [0.15, 0.2) is 24.3 Å². The molecule has 0 aromatic heterocycles. The number of hydrogen-bond donors (Lipinski definition) is 0. The van der Waals surface area contributed by atoms with Crippen LogP contribution in [0.2, 0.25) is 0 Å². The smallest absolute Gasteiger partial charge is 0.254 e. The summed E-state index contributed by atoms with van der Waals surface area (Å²) in [5, 5.41) is 0. The third-order valence-electron chi connectivity index (χ3n) is 6.07. The van der Waals surface area contributed by atoms with Gasteiger partial charge >= 0.3 is 0 Å². The Morgan fingerprint density at radius 3 is 1.73 bits per heavy atom. The van der Waals surface area contributed by atoms with E-state index in [0.717, 1.165) is 51.6 Å². The minimum Gasteiger partial charge on any atom is -0.336 e. The van der Waals surface area contributed by atoms with Gasteiger partial charge in [-0.2, -0.15) is 0 Å². The molecule has 1 aromatic rings. The first-order chi connectivity index (χ1) is 12.7. The average Bonchev–Trinajstić information content (AvgIpc) is 2.72.